The molecular weight excluding hydrogens is 1220 g/mol. The number of thioether (sulfide) groups is 2. The molecule has 0 spiro atoms. The Morgan fingerprint density at radius 1 is 0.582 bits per heavy atom. The summed E-state index contributed by atoms with van der Waals surface area (Å²) in [4.78, 5) is 130. The van der Waals surface area contributed by atoms with Crippen molar-refractivity contribution < 1.29 is 95.3 Å². The van der Waals surface area contributed by atoms with E-state index in [-0.39, 0.29) is 94.9 Å². The Kier molecular flexibility index (Phi) is 27.2. The summed E-state index contributed by atoms with van der Waals surface area (Å²) < 4.78 is 55.2. The number of nitrogens with zero attached hydrogens (tertiary/aromatic N) is 2. The Hall–Kier alpha value is -8.58. The molecule has 3 aliphatic rings. The highest BCUT2D eigenvalue weighted by molar-refractivity contribution is 8.24. The molecule has 1 heterocycles. The van der Waals surface area contributed by atoms with Gasteiger partial charge in [0.1, 0.15) is 29.6 Å². The van der Waals surface area contributed by atoms with Crippen molar-refractivity contribution in [1.82, 2.24) is 0 Å². The molecule has 0 radical (unpaired) electrons. The Labute approximate surface area is 536 Å². The van der Waals surface area contributed by atoms with Crippen LogP contribution >= 0.6 is 23.5 Å². The maximum atomic E-state index is 13.8. The molecule has 0 aromatic heterocycles. The third-order valence-corrected chi connectivity index (χ3v) is 17.3. The number of ketones is 1. The molecular formula is C67H74N2O20S2. The maximum Gasteiger partial charge on any atom is 0.330 e. The molecule has 3 aromatic carbocycles. The van der Waals surface area contributed by atoms with Gasteiger partial charge < -0.3 is 47.4 Å². The molecule has 3 aromatic rings. The molecule has 24 heteroatoms. The zero-order chi connectivity index (χ0) is 66.3. The van der Waals surface area contributed by atoms with Crippen LogP contribution in [0.2, 0.25) is 0 Å². The minimum atomic E-state index is -0.633. The van der Waals surface area contributed by atoms with E-state index in [2.05, 4.69) is 18.0 Å². The maximum absolute atomic E-state index is 13.8. The fourth-order valence-corrected chi connectivity index (χ4v) is 11.9. The van der Waals surface area contributed by atoms with Crippen LogP contribution in [0.4, 0.5) is 0 Å². The van der Waals surface area contributed by atoms with E-state index in [1.807, 2.05) is 6.07 Å². The van der Waals surface area contributed by atoms with Gasteiger partial charge in [-0.3, -0.25) is 38.4 Å². The van der Waals surface area contributed by atoms with Gasteiger partial charge >= 0.3 is 53.7 Å². The SMILES string of the molecule is [C-]#[N+]/C(C#N)=C1/Sc2c(OC(=O)C3CCC(C(=O)Oc4ccc(COCC(=O)CCC(=O)OCC(C)(C)COC(=O)C=C)cc4)CC3)cc(C)c(OC(=O)C3CCC(C(=O)Oc4ccc(CCOC(=O)CCC(=O)OCC(C)(C)COC(=O)C=C)cc4)CC3)c2S1. The summed E-state index contributed by atoms with van der Waals surface area (Å²) in [7, 11) is 0. The fraction of sp³-hybridized carbons (Fsp3) is 0.463. The summed E-state index contributed by atoms with van der Waals surface area (Å²) >= 11 is 2.14. The Morgan fingerprint density at radius 3 is 1.46 bits per heavy atom. The average Bonchev–Trinajstić information content (AvgIpc) is 1.72. The van der Waals surface area contributed by atoms with Gasteiger partial charge in [0.2, 0.25) is 0 Å². The van der Waals surface area contributed by atoms with E-state index in [4.69, 9.17) is 53.9 Å². The summed E-state index contributed by atoms with van der Waals surface area (Å²) in [6.07, 6.45) is 4.68. The number of allylic oxidation sites excluding steroid dienone is 1. The highest BCUT2D eigenvalue weighted by Gasteiger charge is 2.38. The van der Waals surface area contributed by atoms with Crippen molar-refractivity contribution in [3.8, 4) is 29.1 Å². The minimum absolute atomic E-state index is 0.00412. The van der Waals surface area contributed by atoms with Crippen LogP contribution in [0.3, 0.4) is 0 Å². The fourth-order valence-electron chi connectivity index (χ4n) is 9.40. The van der Waals surface area contributed by atoms with Gasteiger partial charge in [0.15, 0.2) is 5.78 Å². The first-order valence-corrected chi connectivity index (χ1v) is 31.3. The van der Waals surface area contributed by atoms with Gasteiger partial charge in [-0.05, 0) is 105 Å². The van der Waals surface area contributed by atoms with Crippen molar-refractivity contribution in [3.63, 3.8) is 0 Å². The molecule has 91 heavy (non-hydrogen) atoms. The number of esters is 9. The smallest absolute Gasteiger partial charge is 0.330 e. The number of hydrogen-bond donors (Lipinski definition) is 0. The third-order valence-electron chi connectivity index (χ3n) is 14.7. The number of aryl methyl sites for hydroxylation is 1. The van der Waals surface area contributed by atoms with Crippen LogP contribution in [0.5, 0.6) is 23.0 Å². The Bertz CT molecular complexity index is 3310. The molecule has 0 bridgehead atoms. The van der Waals surface area contributed by atoms with Gasteiger partial charge in [0, 0.05) is 35.8 Å². The lowest BCUT2D eigenvalue weighted by molar-refractivity contribution is -0.154. The molecule has 0 atom stereocenters. The van der Waals surface area contributed by atoms with E-state index in [9.17, 15) is 53.2 Å². The van der Waals surface area contributed by atoms with Crippen LogP contribution in [0.15, 0.2) is 99.6 Å². The number of Topliss-reactive ketones (excluding diaryl/α,β-unsaturated/α-hetero) is 1. The minimum Gasteiger partial charge on any atom is -0.465 e. The zero-order valence-corrected chi connectivity index (χ0v) is 53.2. The number of fused-ring (bicyclic) bond motifs is 1. The first-order chi connectivity index (χ1) is 43.4. The molecule has 0 N–H and O–H groups in total. The van der Waals surface area contributed by atoms with Crippen LogP contribution in [0, 0.1) is 59.3 Å². The van der Waals surface area contributed by atoms with Gasteiger partial charge in [0.05, 0.1) is 109 Å². The Morgan fingerprint density at radius 2 is 1.00 bits per heavy atom. The van der Waals surface area contributed by atoms with Crippen molar-refractivity contribution in [2.75, 3.05) is 39.6 Å². The second kappa shape index (κ2) is 34.6. The molecule has 0 amide bonds. The Balaban J connectivity index is 0.906. The van der Waals surface area contributed by atoms with E-state index >= 15 is 0 Å². The average molecular weight is 1290 g/mol. The first-order valence-electron chi connectivity index (χ1n) is 29.6. The number of carbonyl (C=O) groups excluding carboxylic acids is 10. The predicted octanol–water partition coefficient (Wildman–Crippen LogP) is 10.8. The van der Waals surface area contributed by atoms with Gasteiger partial charge in [-0.15, -0.1) is 0 Å². The first kappa shape index (κ1) is 71.5. The monoisotopic (exact) mass is 1290 g/mol. The summed E-state index contributed by atoms with van der Waals surface area (Å²) in [5.74, 6) is -6.20. The molecule has 2 aliphatic carbocycles. The molecule has 1 aliphatic heterocycles. The highest BCUT2D eigenvalue weighted by Crippen LogP contribution is 2.60. The van der Waals surface area contributed by atoms with Crippen LogP contribution in [0.1, 0.15) is 121 Å². The van der Waals surface area contributed by atoms with E-state index in [0.29, 0.717) is 94.4 Å². The van der Waals surface area contributed by atoms with Crippen LogP contribution < -0.4 is 18.9 Å². The zero-order valence-electron chi connectivity index (χ0n) is 51.6. The van der Waals surface area contributed by atoms with Crippen molar-refractivity contribution in [2.45, 2.75) is 134 Å². The lowest BCUT2D eigenvalue weighted by Gasteiger charge is -2.27. The highest BCUT2D eigenvalue weighted by atomic mass is 32.2. The van der Waals surface area contributed by atoms with Crippen molar-refractivity contribution >= 4 is 83.0 Å². The second-order valence-electron chi connectivity index (χ2n) is 23.6. The van der Waals surface area contributed by atoms with E-state index < -0.39 is 88.2 Å². The van der Waals surface area contributed by atoms with Crippen molar-refractivity contribution in [2.24, 2.45) is 34.5 Å². The van der Waals surface area contributed by atoms with Gasteiger partial charge in [-0.2, -0.15) is 0 Å². The van der Waals surface area contributed by atoms with E-state index in [1.54, 1.807) is 89.2 Å². The van der Waals surface area contributed by atoms with Crippen molar-refractivity contribution in [3.05, 3.63) is 118 Å². The summed E-state index contributed by atoms with van der Waals surface area (Å²) in [5.41, 5.74) is 0.545. The summed E-state index contributed by atoms with van der Waals surface area (Å²) in [5, 5.41) is 9.78. The molecule has 2 fully saturated rings. The van der Waals surface area contributed by atoms with Gasteiger partial charge in [-0.25, -0.2) is 19.7 Å². The number of hydrogen-bond acceptors (Lipinski definition) is 23. The quantitative estimate of drug-likeness (QED) is 0.0144. The number of carbonyl (C=O) groups is 10. The molecule has 22 nitrogen and oxygen atoms in total. The number of ether oxygens (including phenoxy) is 10. The molecule has 2 saturated carbocycles. The lowest BCUT2D eigenvalue weighted by Crippen LogP contribution is -2.31. The third kappa shape index (κ3) is 23.0. The van der Waals surface area contributed by atoms with Gasteiger partial charge in [0.25, 0.3) is 5.70 Å². The van der Waals surface area contributed by atoms with Crippen LogP contribution in [0.25, 0.3) is 4.85 Å². The van der Waals surface area contributed by atoms with Crippen LogP contribution in [-0.2, 0) is 89.4 Å². The van der Waals surface area contributed by atoms with Crippen molar-refractivity contribution in [1.29, 1.82) is 5.26 Å². The summed E-state index contributed by atoms with van der Waals surface area (Å²) in [6, 6.07) is 16.8. The van der Waals surface area contributed by atoms with E-state index in [1.165, 1.54) is 0 Å². The molecule has 0 saturated heterocycles. The topological polar surface area (TPSA) is 291 Å². The van der Waals surface area contributed by atoms with Gasteiger partial charge in [-0.1, -0.05) is 88.6 Å². The molecule has 0 unspecified atom stereocenters. The molecule has 484 valence electrons. The largest absolute Gasteiger partial charge is 0.465 e. The normalized spacial score (nSPS) is 17.4. The second-order valence-corrected chi connectivity index (χ2v) is 25.9. The number of nitriles is 1. The standard InChI is InChI=1S/C67H74N2O20S2/c1-9-53(71)82-37-66(4,5)39-84-56(74)28-23-48(70)36-80-35-43-13-26-50(27-14-43)87-62(77)44-15-19-46(20-16-44)63(78)88-52-33-41(3)58(60-59(52)90-65(91-60)51(34-68)69-8)89-64(79)47-21-17-45(18-22-47)61(76)86-49-24-11-42(12-25-49)31-32-81-55(73)29-30-57(75)85-40-67(6,7)38-83-54(72)10-2/h9-14,24-27,33,44-47H,1-2,15-23,28-32,35-40H2,3-7H3/b65-51-. The number of benzene rings is 3. The predicted molar refractivity (Wildman–Crippen MR) is 328 cm³/mol. The molecule has 6 rings (SSSR count). The summed E-state index contributed by atoms with van der Waals surface area (Å²) in [6.45, 7) is 23.0. The van der Waals surface area contributed by atoms with Crippen LogP contribution in [-0.4, -0.2) is 99.1 Å². The lowest BCUT2D eigenvalue weighted by atomic mass is 9.82. The number of rotatable bonds is 31. The van der Waals surface area contributed by atoms with E-state index in [0.717, 1.165) is 41.2 Å².